The maximum absolute atomic E-state index is 12.7. The molecule has 0 bridgehead atoms. The number of ether oxygens (including phenoxy) is 1. The molecule has 1 saturated heterocycles. The molecule has 1 amide bonds. The number of anilines is 1. The Labute approximate surface area is 203 Å². The van der Waals surface area contributed by atoms with Crippen LogP contribution in [0.4, 0.5) is 5.13 Å². The van der Waals surface area contributed by atoms with Crippen LogP contribution >= 0.6 is 11.3 Å². The SMILES string of the molecule is CC1CN(Cc2csc(NC(=O)CCc3nc4ccccc4n3-c3ccccc3)n2)CC(C)O1. The van der Waals surface area contributed by atoms with Crippen molar-refractivity contribution in [3.63, 3.8) is 0 Å². The number of nitrogens with one attached hydrogen (secondary N) is 1. The molecule has 7 nitrogen and oxygen atoms in total. The maximum Gasteiger partial charge on any atom is 0.226 e. The molecule has 4 aromatic rings. The minimum Gasteiger partial charge on any atom is -0.373 e. The van der Waals surface area contributed by atoms with Crippen LogP contribution in [0.15, 0.2) is 60.0 Å². The van der Waals surface area contributed by atoms with Crippen LogP contribution in [-0.2, 0) is 22.5 Å². The lowest BCUT2D eigenvalue weighted by Gasteiger charge is -2.34. The molecule has 0 saturated carbocycles. The number of aromatic nitrogens is 3. The van der Waals surface area contributed by atoms with E-state index in [1.807, 2.05) is 41.8 Å². The van der Waals surface area contributed by atoms with Crippen LogP contribution in [0.25, 0.3) is 16.7 Å². The number of benzene rings is 2. The number of aryl methyl sites for hydroxylation is 1. The van der Waals surface area contributed by atoms with Crippen LogP contribution in [-0.4, -0.2) is 50.6 Å². The number of amides is 1. The van der Waals surface area contributed by atoms with Crippen molar-refractivity contribution >= 4 is 33.4 Å². The van der Waals surface area contributed by atoms with Gasteiger partial charge in [0, 0.05) is 43.5 Å². The van der Waals surface area contributed by atoms with Gasteiger partial charge in [-0.2, -0.15) is 0 Å². The fourth-order valence-electron chi connectivity index (χ4n) is 4.60. The van der Waals surface area contributed by atoms with Gasteiger partial charge in [-0.25, -0.2) is 9.97 Å². The van der Waals surface area contributed by atoms with Gasteiger partial charge in [-0.15, -0.1) is 11.3 Å². The van der Waals surface area contributed by atoms with Crippen LogP contribution < -0.4 is 5.32 Å². The largest absolute Gasteiger partial charge is 0.373 e. The van der Waals surface area contributed by atoms with Crippen molar-refractivity contribution in [3.05, 3.63) is 71.5 Å². The number of thiazole rings is 1. The zero-order chi connectivity index (χ0) is 23.5. The summed E-state index contributed by atoms with van der Waals surface area (Å²) in [5.74, 6) is 0.819. The second-order valence-corrected chi connectivity index (χ2v) is 9.69. The number of imidazole rings is 1. The molecule has 2 atom stereocenters. The minimum atomic E-state index is -0.0545. The van der Waals surface area contributed by atoms with E-state index in [1.165, 1.54) is 11.3 Å². The van der Waals surface area contributed by atoms with E-state index in [9.17, 15) is 4.79 Å². The average Bonchev–Trinajstić information content (AvgIpc) is 3.41. The summed E-state index contributed by atoms with van der Waals surface area (Å²) in [5.41, 5.74) is 3.99. The highest BCUT2D eigenvalue weighted by molar-refractivity contribution is 7.13. The fourth-order valence-corrected chi connectivity index (χ4v) is 5.31. The molecule has 176 valence electrons. The number of para-hydroxylation sites is 3. The van der Waals surface area contributed by atoms with Gasteiger partial charge < -0.3 is 10.1 Å². The summed E-state index contributed by atoms with van der Waals surface area (Å²) in [6.07, 6.45) is 1.32. The molecule has 1 aliphatic heterocycles. The second-order valence-electron chi connectivity index (χ2n) is 8.83. The van der Waals surface area contributed by atoms with Crippen LogP contribution in [0.2, 0.25) is 0 Å². The van der Waals surface area contributed by atoms with E-state index in [4.69, 9.17) is 9.72 Å². The van der Waals surface area contributed by atoms with E-state index >= 15 is 0 Å². The lowest BCUT2D eigenvalue weighted by atomic mass is 10.2. The smallest absolute Gasteiger partial charge is 0.226 e. The monoisotopic (exact) mass is 475 g/mol. The van der Waals surface area contributed by atoms with Crippen molar-refractivity contribution < 1.29 is 9.53 Å². The van der Waals surface area contributed by atoms with Crippen molar-refractivity contribution in [2.24, 2.45) is 0 Å². The van der Waals surface area contributed by atoms with Gasteiger partial charge in [-0.1, -0.05) is 30.3 Å². The molecule has 1 N–H and O–H groups in total. The fraction of sp³-hybridized carbons (Fsp3) is 0.346. The summed E-state index contributed by atoms with van der Waals surface area (Å²) in [6, 6.07) is 18.2. The quantitative estimate of drug-likeness (QED) is 0.421. The predicted octanol–water partition coefficient (Wildman–Crippen LogP) is 4.66. The van der Waals surface area contributed by atoms with Gasteiger partial charge in [0.25, 0.3) is 0 Å². The number of hydrogen-bond acceptors (Lipinski definition) is 6. The van der Waals surface area contributed by atoms with Gasteiger partial charge in [0.2, 0.25) is 5.91 Å². The van der Waals surface area contributed by atoms with Crippen LogP contribution in [0, 0.1) is 0 Å². The molecule has 1 aliphatic rings. The molecule has 3 heterocycles. The van der Waals surface area contributed by atoms with Crippen molar-refractivity contribution in [3.8, 4) is 5.69 Å². The van der Waals surface area contributed by atoms with Crippen molar-refractivity contribution in [2.45, 2.75) is 45.4 Å². The number of fused-ring (bicyclic) bond motifs is 1. The van der Waals surface area contributed by atoms with Gasteiger partial charge in [-0.3, -0.25) is 14.3 Å². The summed E-state index contributed by atoms with van der Waals surface area (Å²) in [4.78, 5) is 24.5. The van der Waals surface area contributed by atoms with Gasteiger partial charge in [-0.05, 0) is 38.1 Å². The summed E-state index contributed by atoms with van der Waals surface area (Å²) >= 11 is 1.47. The molecule has 0 spiro atoms. The van der Waals surface area contributed by atoms with E-state index in [-0.39, 0.29) is 18.1 Å². The molecule has 2 unspecified atom stereocenters. The third-order valence-electron chi connectivity index (χ3n) is 5.90. The Kier molecular flexibility index (Phi) is 6.71. The first kappa shape index (κ1) is 22.7. The van der Waals surface area contributed by atoms with E-state index in [0.29, 0.717) is 18.0 Å². The molecular weight excluding hydrogens is 446 g/mol. The molecule has 0 radical (unpaired) electrons. The summed E-state index contributed by atoms with van der Waals surface area (Å²) in [6.45, 7) is 6.76. The topological polar surface area (TPSA) is 72.3 Å². The first-order valence-corrected chi connectivity index (χ1v) is 12.6. The Morgan fingerprint density at radius 1 is 1.06 bits per heavy atom. The molecule has 1 fully saturated rings. The Bertz CT molecular complexity index is 1260. The Hall–Kier alpha value is -3.07. The second kappa shape index (κ2) is 10.0. The van der Waals surface area contributed by atoms with Crippen LogP contribution in [0.1, 0.15) is 31.8 Å². The van der Waals surface area contributed by atoms with E-state index < -0.39 is 0 Å². The van der Waals surface area contributed by atoms with E-state index in [2.05, 4.69) is 51.8 Å². The molecule has 5 rings (SSSR count). The molecule has 0 aliphatic carbocycles. The molecule has 2 aromatic heterocycles. The highest BCUT2D eigenvalue weighted by atomic mass is 32.1. The number of morpholine rings is 1. The normalized spacial score (nSPS) is 18.9. The lowest BCUT2D eigenvalue weighted by Crippen LogP contribution is -2.44. The van der Waals surface area contributed by atoms with E-state index in [1.54, 1.807) is 0 Å². The molecule has 8 heteroatoms. The number of carbonyl (C=O) groups is 1. The average molecular weight is 476 g/mol. The third-order valence-corrected chi connectivity index (χ3v) is 6.71. The Morgan fingerprint density at radius 2 is 1.79 bits per heavy atom. The standard InChI is InChI=1S/C26H29N5O2S/c1-18-14-30(15-19(2)33-18)16-20-17-34-26(27-20)29-25(32)13-12-24-28-22-10-6-7-11-23(22)31(24)21-8-4-3-5-9-21/h3-11,17-19H,12-16H2,1-2H3,(H,27,29,32). The Balaban J connectivity index is 1.23. The number of hydrogen-bond donors (Lipinski definition) is 1. The highest BCUT2D eigenvalue weighted by Gasteiger charge is 2.23. The zero-order valence-electron chi connectivity index (χ0n) is 19.5. The summed E-state index contributed by atoms with van der Waals surface area (Å²) in [5, 5.41) is 5.64. The molecule has 2 aromatic carbocycles. The predicted molar refractivity (Wildman–Crippen MR) is 135 cm³/mol. The van der Waals surface area contributed by atoms with Gasteiger partial charge in [0.15, 0.2) is 5.13 Å². The van der Waals surface area contributed by atoms with Crippen molar-refractivity contribution in [1.29, 1.82) is 0 Å². The summed E-state index contributed by atoms with van der Waals surface area (Å²) < 4.78 is 7.94. The minimum absolute atomic E-state index is 0.0545. The number of nitrogens with zero attached hydrogens (tertiary/aromatic N) is 4. The van der Waals surface area contributed by atoms with Gasteiger partial charge >= 0.3 is 0 Å². The van der Waals surface area contributed by atoms with Crippen molar-refractivity contribution in [1.82, 2.24) is 19.4 Å². The third kappa shape index (κ3) is 5.19. The van der Waals surface area contributed by atoms with Crippen LogP contribution in [0.5, 0.6) is 0 Å². The first-order valence-electron chi connectivity index (χ1n) is 11.7. The highest BCUT2D eigenvalue weighted by Crippen LogP contribution is 2.23. The van der Waals surface area contributed by atoms with Crippen molar-refractivity contribution in [2.75, 3.05) is 18.4 Å². The summed E-state index contributed by atoms with van der Waals surface area (Å²) in [7, 11) is 0. The molecule has 34 heavy (non-hydrogen) atoms. The maximum atomic E-state index is 12.7. The zero-order valence-corrected chi connectivity index (χ0v) is 20.3. The van der Waals surface area contributed by atoms with Crippen LogP contribution in [0.3, 0.4) is 0 Å². The molecular formula is C26H29N5O2S. The Morgan fingerprint density at radius 3 is 2.59 bits per heavy atom. The lowest BCUT2D eigenvalue weighted by molar-refractivity contribution is -0.116. The number of carbonyl (C=O) groups excluding carboxylic acids is 1. The number of rotatable bonds is 7. The van der Waals surface area contributed by atoms with E-state index in [0.717, 1.165) is 47.9 Å². The van der Waals surface area contributed by atoms with Gasteiger partial charge in [0.1, 0.15) is 5.82 Å². The van der Waals surface area contributed by atoms with Gasteiger partial charge in [0.05, 0.1) is 28.9 Å². The first-order chi connectivity index (χ1) is 16.5.